The van der Waals surface area contributed by atoms with Crippen LogP contribution in [0.25, 0.3) is 6.08 Å². The van der Waals surface area contributed by atoms with Crippen molar-refractivity contribution in [3.63, 3.8) is 0 Å². The molecule has 0 spiro atoms. The van der Waals surface area contributed by atoms with E-state index in [1.54, 1.807) is 37.3 Å². The number of rotatable bonds is 7. The Morgan fingerprint density at radius 3 is 2.52 bits per heavy atom. The summed E-state index contributed by atoms with van der Waals surface area (Å²) in [6, 6.07) is 6.93. The van der Waals surface area contributed by atoms with Gasteiger partial charge in [0.1, 0.15) is 5.69 Å². The fourth-order valence-corrected chi connectivity index (χ4v) is 4.46. The molecule has 3 amide bonds. The van der Waals surface area contributed by atoms with Crippen molar-refractivity contribution in [2.75, 3.05) is 13.1 Å². The highest BCUT2D eigenvalue weighted by Gasteiger charge is 2.34. The van der Waals surface area contributed by atoms with Crippen molar-refractivity contribution < 1.29 is 19.2 Å². The zero-order chi connectivity index (χ0) is 22.7. The summed E-state index contributed by atoms with van der Waals surface area (Å²) in [5.41, 5.74) is 2.94. The van der Waals surface area contributed by atoms with Crippen LogP contribution < -0.4 is 5.32 Å². The minimum atomic E-state index is -0.400. The maximum Gasteiger partial charge on any atom is 0.293 e. The van der Waals surface area contributed by atoms with Crippen LogP contribution >= 0.6 is 23.4 Å². The maximum atomic E-state index is 12.6. The molecule has 0 radical (unpaired) electrons. The Morgan fingerprint density at radius 1 is 1.23 bits per heavy atom. The summed E-state index contributed by atoms with van der Waals surface area (Å²) < 4.78 is 0. The number of ketones is 1. The number of aryl methyl sites for hydroxylation is 1. The predicted octanol–water partition coefficient (Wildman–Crippen LogP) is 4.21. The maximum absolute atomic E-state index is 12.6. The number of hydrogen-bond donors (Lipinski definition) is 2. The number of Topliss-reactive ketones (excluding diaryl/α,β-unsaturated/α-hetero) is 1. The third-order valence-electron chi connectivity index (χ3n) is 4.89. The number of hydrogen-bond acceptors (Lipinski definition) is 5. The largest absolute Gasteiger partial charge is 0.354 e. The van der Waals surface area contributed by atoms with Crippen molar-refractivity contribution in [2.24, 2.45) is 0 Å². The van der Waals surface area contributed by atoms with E-state index in [0.29, 0.717) is 38.9 Å². The number of nitrogens with one attached hydrogen (secondary N) is 2. The minimum absolute atomic E-state index is 0.0507. The summed E-state index contributed by atoms with van der Waals surface area (Å²) in [7, 11) is 0. The minimum Gasteiger partial charge on any atom is -0.354 e. The summed E-state index contributed by atoms with van der Waals surface area (Å²) in [5.74, 6) is -0.880. The Morgan fingerprint density at radius 2 is 1.90 bits per heavy atom. The van der Waals surface area contributed by atoms with Crippen molar-refractivity contribution in [3.8, 4) is 0 Å². The fraction of sp³-hybridized carbons (Fsp3) is 0.273. The van der Waals surface area contributed by atoms with Crippen LogP contribution in [0, 0.1) is 6.92 Å². The molecule has 2 aromatic rings. The first-order chi connectivity index (χ1) is 14.7. The van der Waals surface area contributed by atoms with E-state index in [1.165, 1.54) is 6.92 Å². The molecule has 1 aliphatic heterocycles. The van der Waals surface area contributed by atoms with Gasteiger partial charge in [0, 0.05) is 29.4 Å². The highest BCUT2D eigenvalue weighted by molar-refractivity contribution is 8.18. The lowest BCUT2D eigenvalue weighted by Crippen LogP contribution is -2.37. The average molecular weight is 460 g/mol. The van der Waals surface area contributed by atoms with Crippen molar-refractivity contribution >= 4 is 52.3 Å². The molecule has 1 fully saturated rings. The van der Waals surface area contributed by atoms with Crippen LogP contribution in [-0.4, -0.2) is 45.8 Å². The summed E-state index contributed by atoms with van der Waals surface area (Å²) >= 11 is 6.73. The van der Waals surface area contributed by atoms with Gasteiger partial charge in [-0.05, 0) is 61.4 Å². The molecule has 0 saturated carbocycles. The summed E-state index contributed by atoms with van der Waals surface area (Å²) in [4.78, 5) is 53.7. The van der Waals surface area contributed by atoms with Crippen LogP contribution in [0.3, 0.4) is 0 Å². The van der Waals surface area contributed by atoms with E-state index in [4.69, 9.17) is 11.6 Å². The third-order valence-corrected chi connectivity index (χ3v) is 6.05. The normalized spacial score (nSPS) is 15.1. The average Bonchev–Trinajstić information content (AvgIpc) is 3.20. The fourth-order valence-electron chi connectivity index (χ4n) is 3.47. The SMILES string of the molecule is CCc1c(C(=O)NCCN2C(=O)S/C(=C/c3ccc(Cl)cc3)C2=O)[nH]c(C)c1C(C)=O. The second kappa shape index (κ2) is 9.53. The van der Waals surface area contributed by atoms with Crippen LogP contribution in [0.4, 0.5) is 4.79 Å². The van der Waals surface area contributed by atoms with E-state index in [2.05, 4.69) is 10.3 Å². The lowest BCUT2D eigenvalue weighted by molar-refractivity contribution is -0.122. The van der Waals surface area contributed by atoms with E-state index >= 15 is 0 Å². The third kappa shape index (κ3) is 4.91. The quantitative estimate of drug-likeness (QED) is 0.477. The van der Waals surface area contributed by atoms with Gasteiger partial charge in [0.25, 0.3) is 17.1 Å². The number of thioether (sulfide) groups is 1. The first kappa shape index (κ1) is 22.8. The van der Waals surface area contributed by atoms with Crippen molar-refractivity contribution in [2.45, 2.75) is 27.2 Å². The van der Waals surface area contributed by atoms with Gasteiger partial charge in [-0.15, -0.1) is 0 Å². The molecule has 0 aliphatic carbocycles. The van der Waals surface area contributed by atoms with Crippen LogP contribution in [0.1, 0.15) is 51.5 Å². The molecule has 0 unspecified atom stereocenters. The van der Waals surface area contributed by atoms with Gasteiger partial charge in [-0.1, -0.05) is 30.7 Å². The molecule has 7 nitrogen and oxygen atoms in total. The van der Waals surface area contributed by atoms with Gasteiger partial charge in [0.05, 0.1) is 4.91 Å². The van der Waals surface area contributed by atoms with Crippen molar-refractivity contribution in [1.82, 2.24) is 15.2 Å². The lowest BCUT2D eigenvalue weighted by atomic mass is 10.0. The van der Waals surface area contributed by atoms with Crippen LogP contribution in [0.5, 0.6) is 0 Å². The van der Waals surface area contributed by atoms with Gasteiger partial charge >= 0.3 is 0 Å². The van der Waals surface area contributed by atoms with Gasteiger partial charge in [-0.3, -0.25) is 24.1 Å². The number of nitrogens with zero attached hydrogens (tertiary/aromatic N) is 1. The van der Waals surface area contributed by atoms with Gasteiger partial charge in [0.15, 0.2) is 5.78 Å². The number of carbonyl (C=O) groups is 4. The Labute approximate surface area is 189 Å². The second-order valence-corrected chi connectivity index (χ2v) is 8.46. The molecular formula is C22H22ClN3O4S. The van der Waals surface area contributed by atoms with Gasteiger partial charge in [0.2, 0.25) is 0 Å². The highest BCUT2D eigenvalue weighted by Crippen LogP contribution is 2.32. The van der Waals surface area contributed by atoms with Crippen LogP contribution in [0.2, 0.25) is 5.02 Å². The number of H-pyrrole nitrogens is 1. The number of aromatic nitrogens is 1. The summed E-state index contributed by atoms with van der Waals surface area (Å²) in [5, 5.41) is 2.92. The molecule has 1 aromatic carbocycles. The second-order valence-electron chi connectivity index (χ2n) is 7.03. The Balaban J connectivity index is 1.64. The standard InChI is InChI=1S/C22H22ClN3O4S/c1-4-16-18(13(3)27)12(2)25-19(16)20(28)24-9-10-26-21(29)17(31-22(26)30)11-14-5-7-15(23)8-6-14/h5-8,11,25H,4,9-10H2,1-3H3,(H,24,28)/b17-11+. The first-order valence-corrected chi connectivity index (χ1v) is 10.9. The van der Waals surface area contributed by atoms with Crippen molar-refractivity contribution in [1.29, 1.82) is 0 Å². The topological polar surface area (TPSA) is 99.3 Å². The number of aromatic amines is 1. The smallest absolute Gasteiger partial charge is 0.293 e. The number of carbonyl (C=O) groups excluding carboxylic acids is 4. The molecular weight excluding hydrogens is 438 g/mol. The summed E-state index contributed by atoms with van der Waals surface area (Å²) in [6.45, 7) is 5.24. The molecule has 162 valence electrons. The Kier molecular flexibility index (Phi) is 7.02. The molecule has 31 heavy (non-hydrogen) atoms. The monoisotopic (exact) mass is 459 g/mol. The molecule has 0 bridgehead atoms. The molecule has 1 saturated heterocycles. The van der Waals surface area contributed by atoms with E-state index in [-0.39, 0.29) is 30.0 Å². The zero-order valence-corrected chi connectivity index (χ0v) is 18.9. The molecule has 3 rings (SSSR count). The lowest BCUT2D eigenvalue weighted by Gasteiger charge is -2.13. The predicted molar refractivity (Wildman–Crippen MR) is 121 cm³/mol. The van der Waals surface area contributed by atoms with E-state index < -0.39 is 5.91 Å². The zero-order valence-electron chi connectivity index (χ0n) is 17.4. The number of amides is 3. The highest BCUT2D eigenvalue weighted by atomic mass is 35.5. The van der Waals surface area contributed by atoms with E-state index in [9.17, 15) is 19.2 Å². The Bertz CT molecular complexity index is 1090. The number of imide groups is 1. The molecule has 0 atom stereocenters. The molecule has 1 aliphatic rings. The van der Waals surface area contributed by atoms with Crippen LogP contribution in [-0.2, 0) is 11.2 Å². The van der Waals surface area contributed by atoms with E-state index in [1.807, 2.05) is 6.92 Å². The van der Waals surface area contributed by atoms with Gasteiger partial charge in [-0.25, -0.2) is 0 Å². The molecule has 2 heterocycles. The molecule has 1 aromatic heterocycles. The summed E-state index contributed by atoms with van der Waals surface area (Å²) in [6.07, 6.45) is 2.17. The van der Waals surface area contributed by atoms with Crippen molar-refractivity contribution in [3.05, 3.63) is 62.3 Å². The Hall–Kier alpha value is -2.84. The molecule has 2 N–H and O–H groups in total. The van der Waals surface area contributed by atoms with Crippen LogP contribution in [0.15, 0.2) is 29.2 Å². The van der Waals surface area contributed by atoms with E-state index in [0.717, 1.165) is 22.2 Å². The van der Waals surface area contributed by atoms with Gasteiger partial charge < -0.3 is 10.3 Å². The number of benzene rings is 1. The number of halogens is 1. The molecule has 9 heteroatoms. The first-order valence-electron chi connectivity index (χ1n) is 9.74. The van der Waals surface area contributed by atoms with Gasteiger partial charge in [-0.2, -0.15) is 0 Å².